The molecule has 5 rings (SSSR count). The van der Waals surface area contributed by atoms with E-state index in [1.165, 1.54) is 0 Å². The fourth-order valence-corrected chi connectivity index (χ4v) is 4.83. The van der Waals surface area contributed by atoms with Crippen LogP contribution >= 0.6 is 0 Å². The highest BCUT2D eigenvalue weighted by Crippen LogP contribution is 2.43. The molecule has 8 nitrogen and oxygen atoms in total. The quantitative estimate of drug-likeness (QED) is 0.400. The van der Waals surface area contributed by atoms with Crippen LogP contribution in [-0.4, -0.2) is 31.0 Å². The number of oxazole rings is 1. The van der Waals surface area contributed by atoms with E-state index in [1.54, 1.807) is 50.3 Å². The van der Waals surface area contributed by atoms with Crippen LogP contribution in [0.15, 0.2) is 71.1 Å². The molecular weight excluding hydrogens is 458 g/mol. The summed E-state index contributed by atoms with van der Waals surface area (Å²) in [5.41, 5.74) is 3.39. The van der Waals surface area contributed by atoms with Gasteiger partial charge in [-0.15, -0.1) is 0 Å². The lowest BCUT2D eigenvalue weighted by atomic mass is 9.82. The van der Waals surface area contributed by atoms with Crippen molar-refractivity contribution in [3.63, 3.8) is 0 Å². The molecule has 0 bridgehead atoms. The summed E-state index contributed by atoms with van der Waals surface area (Å²) >= 11 is 0. The van der Waals surface area contributed by atoms with Gasteiger partial charge >= 0.3 is 0 Å². The molecule has 1 saturated heterocycles. The average Bonchev–Trinajstić information content (AvgIpc) is 3.27. The summed E-state index contributed by atoms with van der Waals surface area (Å²) in [6, 6.07) is 19.6. The molecule has 36 heavy (non-hydrogen) atoms. The molecule has 2 amide bonds. The third kappa shape index (κ3) is 4.37. The number of para-hydroxylation sites is 1. The molecule has 4 aromatic rings. The molecule has 0 radical (unpaired) electrons. The van der Waals surface area contributed by atoms with Crippen LogP contribution in [0, 0.1) is 12.8 Å². The number of hydrogen-bond donors (Lipinski definition) is 1. The van der Waals surface area contributed by atoms with Crippen molar-refractivity contribution in [2.75, 3.05) is 24.4 Å². The lowest BCUT2D eigenvalue weighted by Gasteiger charge is -2.41. The number of piperidine rings is 1. The van der Waals surface area contributed by atoms with Gasteiger partial charge in [-0.2, -0.15) is 0 Å². The minimum absolute atomic E-state index is 0.0568. The van der Waals surface area contributed by atoms with Gasteiger partial charge in [-0.05, 0) is 48.9 Å². The van der Waals surface area contributed by atoms with E-state index in [0.717, 1.165) is 11.1 Å². The Hall–Kier alpha value is -4.33. The maximum atomic E-state index is 13.7. The number of ether oxygens (including phenoxy) is 2. The molecular formula is C28H27N3O5. The molecule has 1 fully saturated rings. The van der Waals surface area contributed by atoms with E-state index in [2.05, 4.69) is 10.3 Å². The van der Waals surface area contributed by atoms with E-state index in [1.807, 2.05) is 42.5 Å². The summed E-state index contributed by atoms with van der Waals surface area (Å²) in [5, 5.41) is 3.03. The molecule has 0 spiro atoms. The van der Waals surface area contributed by atoms with Crippen LogP contribution < -0.4 is 19.7 Å². The minimum atomic E-state index is -0.563. The summed E-state index contributed by atoms with van der Waals surface area (Å²) in [5.74, 6) is 1.10. The second-order valence-electron chi connectivity index (χ2n) is 8.70. The molecule has 1 aliphatic heterocycles. The van der Waals surface area contributed by atoms with E-state index in [-0.39, 0.29) is 18.2 Å². The van der Waals surface area contributed by atoms with Crippen molar-refractivity contribution in [2.24, 2.45) is 5.92 Å². The Morgan fingerprint density at radius 3 is 2.58 bits per heavy atom. The summed E-state index contributed by atoms with van der Waals surface area (Å²) in [7, 11) is 3.18. The zero-order valence-electron chi connectivity index (χ0n) is 20.4. The molecule has 184 valence electrons. The number of carbonyl (C=O) groups is 2. The summed E-state index contributed by atoms with van der Waals surface area (Å²) < 4.78 is 16.6. The van der Waals surface area contributed by atoms with Crippen molar-refractivity contribution < 1.29 is 23.5 Å². The number of fused-ring (bicyclic) bond motifs is 1. The Bertz CT molecular complexity index is 1410. The second kappa shape index (κ2) is 9.73. The van der Waals surface area contributed by atoms with Gasteiger partial charge in [0, 0.05) is 36.3 Å². The standard InChI is InChI=1S/C28H27N3O5/c1-17-29-23-14-8-18(16-25(23)36-17)30-28(33)22-13-15-26(32)31(19-9-11-20(34-2)12-10-19)27(22)21-6-4-5-7-24(21)35-3/h4-12,14,16,22,27H,13,15H2,1-3H3,(H,30,33)/t22-,27+/m1/s1. The Morgan fingerprint density at radius 2 is 1.83 bits per heavy atom. The molecule has 2 atom stereocenters. The average molecular weight is 486 g/mol. The number of methoxy groups -OCH3 is 2. The first kappa shape index (κ1) is 23.4. The van der Waals surface area contributed by atoms with E-state index < -0.39 is 12.0 Å². The van der Waals surface area contributed by atoms with Crippen LogP contribution in [0.1, 0.15) is 30.3 Å². The minimum Gasteiger partial charge on any atom is -0.497 e. The van der Waals surface area contributed by atoms with Crippen molar-refractivity contribution in [1.29, 1.82) is 0 Å². The maximum Gasteiger partial charge on any atom is 0.229 e. The van der Waals surface area contributed by atoms with Crippen LogP contribution in [-0.2, 0) is 9.59 Å². The first-order valence-corrected chi connectivity index (χ1v) is 11.8. The number of carbonyl (C=O) groups excluding carboxylic acids is 2. The number of nitrogens with zero attached hydrogens (tertiary/aromatic N) is 2. The highest BCUT2D eigenvalue weighted by atomic mass is 16.5. The van der Waals surface area contributed by atoms with Crippen molar-refractivity contribution >= 4 is 34.3 Å². The third-order valence-corrected chi connectivity index (χ3v) is 6.51. The fraction of sp³-hybridized carbons (Fsp3) is 0.250. The number of amides is 2. The van der Waals surface area contributed by atoms with Crippen molar-refractivity contribution in [1.82, 2.24) is 4.98 Å². The van der Waals surface area contributed by atoms with Gasteiger partial charge in [0.2, 0.25) is 11.8 Å². The largest absolute Gasteiger partial charge is 0.497 e. The normalized spacial score (nSPS) is 17.8. The van der Waals surface area contributed by atoms with Gasteiger partial charge < -0.3 is 24.1 Å². The molecule has 1 aromatic heterocycles. The molecule has 3 aromatic carbocycles. The highest BCUT2D eigenvalue weighted by molar-refractivity contribution is 6.01. The molecule has 8 heteroatoms. The molecule has 1 N–H and O–H groups in total. The van der Waals surface area contributed by atoms with Gasteiger partial charge in [0.05, 0.1) is 26.2 Å². The second-order valence-corrected chi connectivity index (χ2v) is 8.70. The molecule has 2 heterocycles. The predicted molar refractivity (Wildman–Crippen MR) is 136 cm³/mol. The summed E-state index contributed by atoms with van der Waals surface area (Å²) in [4.78, 5) is 33.0. The molecule has 0 unspecified atom stereocenters. The number of benzene rings is 3. The summed E-state index contributed by atoms with van der Waals surface area (Å²) in [6.07, 6.45) is 0.653. The number of nitrogens with one attached hydrogen (secondary N) is 1. The van der Waals surface area contributed by atoms with E-state index >= 15 is 0 Å². The number of aromatic nitrogens is 1. The van der Waals surface area contributed by atoms with Gasteiger partial charge in [0.15, 0.2) is 11.5 Å². The third-order valence-electron chi connectivity index (χ3n) is 6.51. The number of anilines is 2. The Labute approximate surface area is 208 Å². The topological polar surface area (TPSA) is 93.9 Å². The highest BCUT2D eigenvalue weighted by Gasteiger charge is 2.42. The SMILES string of the molecule is COc1ccc(N2C(=O)CC[C@@H](C(=O)Nc3ccc4nc(C)oc4c3)[C@@H]2c2ccccc2OC)cc1. The smallest absolute Gasteiger partial charge is 0.229 e. The van der Waals surface area contributed by atoms with E-state index in [4.69, 9.17) is 13.9 Å². The van der Waals surface area contributed by atoms with Crippen LogP contribution in [0.5, 0.6) is 11.5 Å². The van der Waals surface area contributed by atoms with Crippen molar-refractivity contribution in [2.45, 2.75) is 25.8 Å². The summed E-state index contributed by atoms with van der Waals surface area (Å²) in [6.45, 7) is 1.78. The fourth-order valence-electron chi connectivity index (χ4n) is 4.83. The van der Waals surface area contributed by atoms with Gasteiger partial charge in [0.1, 0.15) is 17.0 Å². The van der Waals surface area contributed by atoms with Crippen LogP contribution in [0.3, 0.4) is 0 Å². The number of rotatable bonds is 6. The van der Waals surface area contributed by atoms with Gasteiger partial charge in [-0.3, -0.25) is 9.59 Å². The van der Waals surface area contributed by atoms with Crippen LogP contribution in [0.4, 0.5) is 11.4 Å². The zero-order chi connectivity index (χ0) is 25.2. The van der Waals surface area contributed by atoms with Crippen molar-refractivity contribution in [3.8, 4) is 11.5 Å². The van der Waals surface area contributed by atoms with Gasteiger partial charge in [-0.1, -0.05) is 18.2 Å². The van der Waals surface area contributed by atoms with E-state index in [9.17, 15) is 9.59 Å². The first-order valence-electron chi connectivity index (χ1n) is 11.8. The number of aryl methyl sites for hydroxylation is 1. The monoisotopic (exact) mass is 485 g/mol. The Kier molecular flexibility index (Phi) is 6.33. The Balaban J connectivity index is 1.54. The zero-order valence-corrected chi connectivity index (χ0v) is 20.4. The van der Waals surface area contributed by atoms with E-state index in [0.29, 0.717) is 40.8 Å². The molecule has 1 aliphatic rings. The predicted octanol–water partition coefficient (Wildman–Crippen LogP) is 5.28. The van der Waals surface area contributed by atoms with Gasteiger partial charge in [0.25, 0.3) is 0 Å². The maximum absolute atomic E-state index is 13.7. The number of hydrogen-bond acceptors (Lipinski definition) is 6. The van der Waals surface area contributed by atoms with Crippen LogP contribution in [0.2, 0.25) is 0 Å². The Morgan fingerprint density at radius 1 is 1.06 bits per heavy atom. The van der Waals surface area contributed by atoms with Crippen LogP contribution in [0.25, 0.3) is 11.1 Å². The van der Waals surface area contributed by atoms with Gasteiger partial charge in [-0.25, -0.2) is 4.98 Å². The first-order chi connectivity index (χ1) is 17.5. The lowest BCUT2D eigenvalue weighted by molar-refractivity contribution is -0.125. The molecule has 0 saturated carbocycles. The molecule has 0 aliphatic carbocycles. The lowest BCUT2D eigenvalue weighted by Crippen LogP contribution is -2.47. The van der Waals surface area contributed by atoms with Crippen molar-refractivity contribution in [3.05, 3.63) is 78.2 Å².